The van der Waals surface area contributed by atoms with E-state index >= 15 is 0 Å². The molecule has 2 heterocycles. The van der Waals surface area contributed by atoms with Gasteiger partial charge in [-0.15, -0.1) is 0 Å². The van der Waals surface area contributed by atoms with Crippen molar-refractivity contribution in [3.63, 3.8) is 0 Å². The molecular formula is C19H22ClN5O2. The number of hydrogen-bond donors (Lipinski definition) is 1. The summed E-state index contributed by atoms with van der Waals surface area (Å²) in [7, 11) is 2.09. The molecule has 1 atom stereocenters. The Labute approximate surface area is 163 Å². The summed E-state index contributed by atoms with van der Waals surface area (Å²) in [6.45, 7) is 6.69. The number of benzene rings is 1. The standard InChI is InChI=1S/C19H22ClN5O2/c1-12-9-19(2,3)24(4)17-8-16(20)13(7-15(12)17)10-22-23-18-6-5-14(11-21-18)25(26)27/h5-8,10-12H,9H2,1-4H3,(H,21,23)/b22-10+. The van der Waals surface area contributed by atoms with Gasteiger partial charge in [0.15, 0.2) is 0 Å². The van der Waals surface area contributed by atoms with Crippen LogP contribution in [0, 0.1) is 10.1 Å². The van der Waals surface area contributed by atoms with Crippen LogP contribution in [0.2, 0.25) is 5.02 Å². The van der Waals surface area contributed by atoms with E-state index in [4.69, 9.17) is 11.6 Å². The van der Waals surface area contributed by atoms with Gasteiger partial charge in [-0.25, -0.2) is 4.98 Å². The number of pyridine rings is 1. The third kappa shape index (κ3) is 3.88. The number of hydrazone groups is 1. The molecule has 7 nitrogen and oxygen atoms in total. The van der Waals surface area contributed by atoms with E-state index in [1.807, 2.05) is 6.07 Å². The second-order valence-corrected chi connectivity index (χ2v) is 7.85. The fraction of sp³-hybridized carbons (Fsp3) is 0.368. The summed E-state index contributed by atoms with van der Waals surface area (Å²) < 4.78 is 0. The zero-order valence-electron chi connectivity index (χ0n) is 15.7. The molecule has 2 aromatic rings. The molecule has 1 unspecified atom stereocenters. The normalized spacial score (nSPS) is 18.4. The van der Waals surface area contributed by atoms with E-state index in [1.165, 1.54) is 23.9 Å². The van der Waals surface area contributed by atoms with Crippen LogP contribution in [0.5, 0.6) is 0 Å². The summed E-state index contributed by atoms with van der Waals surface area (Å²) in [5, 5.41) is 15.4. The quantitative estimate of drug-likeness (QED) is 0.462. The van der Waals surface area contributed by atoms with Gasteiger partial charge in [0.05, 0.1) is 16.2 Å². The lowest BCUT2D eigenvalue weighted by atomic mass is 9.80. The van der Waals surface area contributed by atoms with E-state index in [0.29, 0.717) is 16.8 Å². The molecule has 0 spiro atoms. The predicted molar refractivity (Wildman–Crippen MR) is 109 cm³/mol. The summed E-state index contributed by atoms with van der Waals surface area (Å²) >= 11 is 6.47. The Bertz CT molecular complexity index is 896. The molecule has 27 heavy (non-hydrogen) atoms. The van der Waals surface area contributed by atoms with Crippen molar-refractivity contribution in [3.8, 4) is 0 Å². The Morgan fingerprint density at radius 3 is 2.81 bits per heavy atom. The van der Waals surface area contributed by atoms with Crippen LogP contribution < -0.4 is 10.3 Å². The molecule has 0 saturated carbocycles. The van der Waals surface area contributed by atoms with Gasteiger partial charge in [0.1, 0.15) is 12.0 Å². The maximum atomic E-state index is 10.7. The van der Waals surface area contributed by atoms with Crippen molar-refractivity contribution in [2.75, 3.05) is 17.4 Å². The monoisotopic (exact) mass is 387 g/mol. The van der Waals surface area contributed by atoms with Gasteiger partial charge in [0.2, 0.25) is 0 Å². The highest BCUT2D eigenvalue weighted by Gasteiger charge is 2.34. The highest BCUT2D eigenvalue weighted by atomic mass is 35.5. The number of nitrogens with one attached hydrogen (secondary N) is 1. The van der Waals surface area contributed by atoms with Gasteiger partial charge in [0, 0.05) is 29.9 Å². The van der Waals surface area contributed by atoms with Crippen LogP contribution >= 0.6 is 11.6 Å². The first-order valence-corrected chi connectivity index (χ1v) is 9.03. The van der Waals surface area contributed by atoms with E-state index < -0.39 is 4.92 Å². The molecule has 1 aromatic heterocycles. The number of halogens is 1. The van der Waals surface area contributed by atoms with Crippen molar-refractivity contribution in [2.45, 2.75) is 38.6 Å². The topological polar surface area (TPSA) is 83.7 Å². The molecule has 3 rings (SSSR count). The summed E-state index contributed by atoms with van der Waals surface area (Å²) in [5.41, 5.74) is 5.98. The van der Waals surface area contributed by atoms with Crippen LogP contribution in [0.25, 0.3) is 0 Å². The zero-order valence-corrected chi connectivity index (χ0v) is 16.5. The number of anilines is 2. The molecule has 0 radical (unpaired) electrons. The number of fused-ring (bicyclic) bond motifs is 1. The molecule has 1 aliphatic rings. The van der Waals surface area contributed by atoms with Gasteiger partial charge in [-0.3, -0.25) is 15.5 Å². The molecule has 0 aliphatic carbocycles. The minimum Gasteiger partial charge on any atom is -0.369 e. The molecule has 0 fully saturated rings. The highest BCUT2D eigenvalue weighted by molar-refractivity contribution is 6.33. The lowest BCUT2D eigenvalue weighted by Crippen LogP contribution is -2.45. The maximum absolute atomic E-state index is 10.7. The second-order valence-electron chi connectivity index (χ2n) is 7.44. The zero-order chi connectivity index (χ0) is 19.8. The molecular weight excluding hydrogens is 366 g/mol. The molecule has 1 aromatic carbocycles. The Balaban J connectivity index is 1.81. The van der Waals surface area contributed by atoms with Gasteiger partial charge in [-0.1, -0.05) is 18.5 Å². The third-order valence-electron chi connectivity index (χ3n) is 5.09. The maximum Gasteiger partial charge on any atom is 0.287 e. The second kappa shape index (κ2) is 7.15. The average Bonchev–Trinajstić information content (AvgIpc) is 2.61. The van der Waals surface area contributed by atoms with Gasteiger partial charge in [0.25, 0.3) is 5.69 Å². The first kappa shape index (κ1) is 19.1. The van der Waals surface area contributed by atoms with Crippen LogP contribution in [0.3, 0.4) is 0 Å². The highest BCUT2D eigenvalue weighted by Crippen LogP contribution is 2.44. The van der Waals surface area contributed by atoms with E-state index in [-0.39, 0.29) is 11.2 Å². The van der Waals surface area contributed by atoms with Crippen molar-refractivity contribution < 1.29 is 4.92 Å². The molecule has 8 heteroatoms. The molecule has 142 valence electrons. The number of hydrogen-bond acceptors (Lipinski definition) is 6. The van der Waals surface area contributed by atoms with Crippen molar-refractivity contribution in [1.29, 1.82) is 0 Å². The Kier molecular flexibility index (Phi) is 5.06. The van der Waals surface area contributed by atoms with E-state index in [0.717, 1.165) is 17.7 Å². The van der Waals surface area contributed by atoms with Gasteiger partial charge >= 0.3 is 0 Å². The van der Waals surface area contributed by atoms with Crippen LogP contribution in [-0.4, -0.2) is 28.7 Å². The van der Waals surface area contributed by atoms with Crippen molar-refractivity contribution in [2.24, 2.45) is 5.10 Å². The Morgan fingerprint density at radius 2 is 2.19 bits per heavy atom. The molecule has 1 aliphatic heterocycles. The smallest absolute Gasteiger partial charge is 0.287 e. The summed E-state index contributed by atoms with van der Waals surface area (Å²) in [5.74, 6) is 0.834. The molecule has 0 bridgehead atoms. The Morgan fingerprint density at radius 1 is 1.44 bits per heavy atom. The minimum absolute atomic E-state index is 0.0664. The SMILES string of the molecule is CC1CC(C)(C)N(C)c2cc(Cl)c(/C=N/Nc3ccc([N+](=O)[O-])cn3)cc21. The summed E-state index contributed by atoms with van der Waals surface area (Å²) in [6.07, 6.45) is 3.88. The van der Waals surface area contributed by atoms with E-state index in [9.17, 15) is 10.1 Å². The fourth-order valence-corrected chi connectivity index (χ4v) is 3.64. The summed E-state index contributed by atoms with van der Waals surface area (Å²) in [6, 6.07) is 6.93. The van der Waals surface area contributed by atoms with Crippen LogP contribution in [-0.2, 0) is 0 Å². The molecule has 1 N–H and O–H groups in total. The summed E-state index contributed by atoms with van der Waals surface area (Å²) in [4.78, 5) is 16.4. The van der Waals surface area contributed by atoms with Crippen molar-refractivity contribution >= 4 is 35.0 Å². The predicted octanol–water partition coefficient (Wildman–Crippen LogP) is 4.81. The van der Waals surface area contributed by atoms with E-state index in [2.05, 4.69) is 54.3 Å². The minimum atomic E-state index is -0.494. The third-order valence-corrected chi connectivity index (χ3v) is 5.42. The largest absolute Gasteiger partial charge is 0.369 e. The Hall–Kier alpha value is -2.67. The van der Waals surface area contributed by atoms with Crippen LogP contribution in [0.1, 0.15) is 44.2 Å². The fourth-order valence-electron chi connectivity index (χ4n) is 3.43. The first-order chi connectivity index (χ1) is 12.7. The first-order valence-electron chi connectivity index (χ1n) is 8.66. The average molecular weight is 388 g/mol. The van der Waals surface area contributed by atoms with Crippen LogP contribution in [0.4, 0.5) is 17.2 Å². The van der Waals surface area contributed by atoms with Gasteiger partial charge in [-0.2, -0.15) is 5.10 Å². The number of nitrogens with zero attached hydrogens (tertiary/aromatic N) is 4. The lowest BCUT2D eigenvalue weighted by molar-refractivity contribution is -0.385. The molecule has 0 amide bonds. The lowest BCUT2D eigenvalue weighted by Gasteiger charge is -2.45. The van der Waals surface area contributed by atoms with Crippen molar-refractivity contribution in [3.05, 3.63) is 56.7 Å². The van der Waals surface area contributed by atoms with E-state index in [1.54, 1.807) is 6.21 Å². The van der Waals surface area contributed by atoms with Gasteiger partial charge < -0.3 is 4.90 Å². The van der Waals surface area contributed by atoms with Crippen molar-refractivity contribution in [1.82, 2.24) is 4.98 Å². The number of aromatic nitrogens is 1. The molecule has 0 saturated heterocycles. The number of nitro groups is 1. The van der Waals surface area contributed by atoms with Crippen LogP contribution in [0.15, 0.2) is 35.6 Å². The van der Waals surface area contributed by atoms with Gasteiger partial charge in [-0.05, 0) is 49.9 Å². The number of rotatable bonds is 4.